The van der Waals surface area contributed by atoms with Gasteiger partial charge in [-0.2, -0.15) is 0 Å². The molecule has 24 heavy (non-hydrogen) atoms. The van der Waals surface area contributed by atoms with E-state index < -0.39 is 3.79 Å². The maximum Gasteiger partial charge on any atom is 0.233 e. The molecule has 0 saturated heterocycles. The zero-order valence-electron chi connectivity index (χ0n) is 13.2. The van der Waals surface area contributed by atoms with Crippen LogP contribution in [0.4, 0.5) is 0 Å². The molecule has 3 rings (SSSR count). The quantitative estimate of drug-likeness (QED) is 0.456. The van der Waals surface area contributed by atoms with Crippen LogP contribution in [0.15, 0.2) is 30.3 Å². The van der Waals surface area contributed by atoms with E-state index in [1.54, 1.807) is 39.5 Å². The first-order valence-corrected chi connectivity index (χ1v) is 8.13. The number of ether oxygens (including phenoxy) is 3. The second-order valence-electron chi connectivity index (χ2n) is 5.09. The maximum absolute atomic E-state index is 6.16. The van der Waals surface area contributed by atoms with Gasteiger partial charge < -0.3 is 14.2 Å². The van der Waals surface area contributed by atoms with Crippen molar-refractivity contribution in [2.24, 2.45) is 0 Å². The van der Waals surface area contributed by atoms with Crippen LogP contribution < -0.4 is 14.2 Å². The van der Waals surface area contributed by atoms with E-state index in [1.807, 2.05) is 12.1 Å². The van der Waals surface area contributed by atoms with Crippen LogP contribution in [0, 0.1) is 0 Å². The molecule has 0 bridgehead atoms. The van der Waals surface area contributed by atoms with Gasteiger partial charge >= 0.3 is 0 Å². The van der Waals surface area contributed by atoms with Crippen molar-refractivity contribution in [2.75, 3.05) is 21.3 Å². The molecule has 3 aromatic rings. The predicted molar refractivity (Wildman–Crippen MR) is 98.1 cm³/mol. The van der Waals surface area contributed by atoms with E-state index >= 15 is 0 Å². The molecule has 0 radical (unpaired) electrons. The average molecular weight is 387 g/mol. The van der Waals surface area contributed by atoms with Crippen LogP contribution in [0.1, 0.15) is 5.69 Å². The van der Waals surface area contributed by atoms with Crippen molar-refractivity contribution in [3.63, 3.8) is 0 Å². The second-order valence-corrected chi connectivity index (χ2v) is 7.37. The molecule has 0 aliphatic carbocycles. The molecule has 0 amide bonds. The molecule has 2 aromatic carbocycles. The third kappa shape index (κ3) is 2.90. The SMILES string of the molecule is COc1ccc2c(c1)nc(C(Cl)(Cl)Cl)c1cc(OC)cc(OC)c12. The number of nitrogens with zero attached hydrogens (tertiary/aromatic N) is 1. The van der Waals surface area contributed by atoms with Crippen LogP contribution in [-0.4, -0.2) is 26.3 Å². The number of rotatable bonds is 3. The lowest BCUT2D eigenvalue weighted by Crippen LogP contribution is -2.06. The first kappa shape index (κ1) is 17.2. The van der Waals surface area contributed by atoms with Crippen LogP contribution >= 0.6 is 34.8 Å². The van der Waals surface area contributed by atoms with Gasteiger partial charge in [0.05, 0.1) is 26.8 Å². The summed E-state index contributed by atoms with van der Waals surface area (Å²) in [7, 11) is 4.73. The Morgan fingerprint density at radius 1 is 0.833 bits per heavy atom. The molecule has 0 atom stereocenters. The van der Waals surface area contributed by atoms with E-state index in [4.69, 9.17) is 49.0 Å². The molecule has 0 N–H and O–H groups in total. The van der Waals surface area contributed by atoms with Crippen LogP contribution in [0.3, 0.4) is 0 Å². The molecule has 0 fully saturated rings. The molecule has 0 aliphatic heterocycles. The molecule has 0 saturated carbocycles. The second kappa shape index (κ2) is 6.36. The Morgan fingerprint density at radius 3 is 2.12 bits per heavy atom. The molecular weight excluding hydrogens is 373 g/mol. The highest BCUT2D eigenvalue weighted by Gasteiger charge is 2.29. The lowest BCUT2D eigenvalue weighted by molar-refractivity contribution is 0.398. The Balaban J connectivity index is 2.54. The molecule has 126 valence electrons. The predicted octanol–water partition coefficient (Wildman–Crippen LogP) is 5.24. The van der Waals surface area contributed by atoms with Crippen LogP contribution in [-0.2, 0) is 3.79 Å². The smallest absolute Gasteiger partial charge is 0.233 e. The van der Waals surface area contributed by atoms with E-state index in [0.29, 0.717) is 33.8 Å². The highest BCUT2D eigenvalue weighted by atomic mass is 35.6. The van der Waals surface area contributed by atoms with Crippen molar-refractivity contribution < 1.29 is 14.2 Å². The highest BCUT2D eigenvalue weighted by Crippen LogP contribution is 2.46. The minimum absolute atomic E-state index is 0.306. The molecule has 0 unspecified atom stereocenters. The lowest BCUT2D eigenvalue weighted by Gasteiger charge is -2.18. The fourth-order valence-corrected chi connectivity index (χ4v) is 3.10. The van der Waals surface area contributed by atoms with Gasteiger partial charge in [-0.25, -0.2) is 4.98 Å². The minimum atomic E-state index is -1.70. The van der Waals surface area contributed by atoms with Gasteiger partial charge in [0.1, 0.15) is 22.9 Å². The summed E-state index contributed by atoms with van der Waals surface area (Å²) < 4.78 is 14.4. The zero-order valence-corrected chi connectivity index (χ0v) is 15.5. The summed E-state index contributed by atoms with van der Waals surface area (Å²) in [6.45, 7) is 0. The molecule has 4 nitrogen and oxygen atoms in total. The first-order chi connectivity index (χ1) is 11.4. The number of fused-ring (bicyclic) bond motifs is 3. The molecule has 1 heterocycles. The Hall–Kier alpha value is -1.62. The Labute approximate surface area is 154 Å². The number of benzene rings is 2. The first-order valence-electron chi connectivity index (χ1n) is 6.99. The summed E-state index contributed by atoms with van der Waals surface area (Å²) in [5.74, 6) is 1.86. The summed E-state index contributed by atoms with van der Waals surface area (Å²) in [5.41, 5.74) is 0.951. The van der Waals surface area contributed by atoms with Gasteiger partial charge in [-0.3, -0.25) is 0 Å². The average Bonchev–Trinajstić information content (AvgIpc) is 2.58. The summed E-state index contributed by atoms with van der Waals surface area (Å²) in [6, 6.07) is 9.11. The normalized spacial score (nSPS) is 11.8. The number of methoxy groups -OCH3 is 3. The number of hydrogen-bond acceptors (Lipinski definition) is 4. The molecule has 1 aromatic heterocycles. The van der Waals surface area contributed by atoms with E-state index in [9.17, 15) is 0 Å². The zero-order chi connectivity index (χ0) is 17.5. The summed E-state index contributed by atoms with van der Waals surface area (Å²) in [5, 5.41) is 2.32. The van der Waals surface area contributed by atoms with Gasteiger partial charge in [0, 0.05) is 28.3 Å². The van der Waals surface area contributed by atoms with Gasteiger partial charge in [-0.1, -0.05) is 34.8 Å². The van der Waals surface area contributed by atoms with Crippen molar-refractivity contribution in [1.82, 2.24) is 4.98 Å². The van der Waals surface area contributed by atoms with Gasteiger partial charge in [-0.15, -0.1) is 0 Å². The van der Waals surface area contributed by atoms with Crippen molar-refractivity contribution >= 4 is 56.5 Å². The molecular formula is C17H14Cl3NO3. The molecule has 0 aliphatic rings. The van der Waals surface area contributed by atoms with Gasteiger partial charge in [0.25, 0.3) is 0 Å². The van der Waals surface area contributed by atoms with Gasteiger partial charge in [0.2, 0.25) is 3.79 Å². The van der Waals surface area contributed by atoms with E-state index in [0.717, 1.165) is 10.8 Å². The fourth-order valence-electron chi connectivity index (χ4n) is 2.67. The summed E-state index contributed by atoms with van der Waals surface area (Å²) in [6.07, 6.45) is 0. The van der Waals surface area contributed by atoms with Gasteiger partial charge in [-0.05, 0) is 18.2 Å². The molecule has 0 spiro atoms. The minimum Gasteiger partial charge on any atom is -0.497 e. The van der Waals surface area contributed by atoms with Crippen molar-refractivity contribution in [3.05, 3.63) is 36.0 Å². The number of aromatic nitrogens is 1. The number of hydrogen-bond donors (Lipinski definition) is 0. The third-order valence-corrected chi connectivity index (χ3v) is 4.30. The summed E-state index contributed by atoms with van der Waals surface area (Å²) in [4.78, 5) is 4.55. The van der Waals surface area contributed by atoms with Crippen molar-refractivity contribution in [2.45, 2.75) is 3.79 Å². The van der Waals surface area contributed by atoms with Gasteiger partial charge in [0.15, 0.2) is 0 Å². The number of pyridine rings is 1. The fraction of sp³-hybridized carbons (Fsp3) is 0.235. The Kier molecular flexibility index (Phi) is 4.56. The topological polar surface area (TPSA) is 40.6 Å². The third-order valence-electron chi connectivity index (χ3n) is 3.76. The summed E-state index contributed by atoms with van der Waals surface area (Å²) >= 11 is 18.5. The monoisotopic (exact) mass is 385 g/mol. The highest BCUT2D eigenvalue weighted by molar-refractivity contribution is 6.67. The lowest BCUT2D eigenvalue weighted by atomic mass is 10.0. The van der Waals surface area contributed by atoms with Crippen molar-refractivity contribution in [1.29, 1.82) is 0 Å². The van der Waals surface area contributed by atoms with E-state index in [2.05, 4.69) is 4.98 Å². The van der Waals surface area contributed by atoms with Crippen LogP contribution in [0.2, 0.25) is 0 Å². The van der Waals surface area contributed by atoms with Crippen LogP contribution in [0.5, 0.6) is 17.2 Å². The number of halogens is 3. The Bertz CT molecular complexity index is 922. The molecule has 7 heteroatoms. The van der Waals surface area contributed by atoms with E-state index in [1.165, 1.54) is 0 Å². The Morgan fingerprint density at radius 2 is 1.54 bits per heavy atom. The largest absolute Gasteiger partial charge is 0.497 e. The standard InChI is InChI=1S/C17H14Cl3NO3/c1-22-9-4-5-11-13(7-9)21-16(17(18,19)20)12-6-10(23-2)8-14(24-3)15(11)12/h4-8H,1-3H3. The number of alkyl halides is 3. The van der Waals surface area contributed by atoms with Crippen molar-refractivity contribution in [3.8, 4) is 17.2 Å². The van der Waals surface area contributed by atoms with E-state index in [-0.39, 0.29) is 0 Å². The maximum atomic E-state index is 6.16. The van der Waals surface area contributed by atoms with Crippen LogP contribution in [0.25, 0.3) is 21.7 Å².